The van der Waals surface area contributed by atoms with Crippen molar-refractivity contribution < 1.29 is 9.59 Å². The van der Waals surface area contributed by atoms with Crippen LogP contribution in [-0.4, -0.2) is 60.4 Å². The van der Waals surface area contributed by atoms with Crippen LogP contribution in [-0.2, 0) is 16.0 Å². The minimum Gasteiger partial charge on any atom is -0.347 e. The average Bonchev–Trinajstić information content (AvgIpc) is 2.97. The van der Waals surface area contributed by atoms with Crippen LogP contribution in [0.5, 0.6) is 0 Å². The molecule has 1 aromatic rings. The Labute approximate surface area is 156 Å². The van der Waals surface area contributed by atoms with E-state index in [4.69, 9.17) is 0 Å². The van der Waals surface area contributed by atoms with Crippen molar-refractivity contribution in [3.05, 3.63) is 35.9 Å². The van der Waals surface area contributed by atoms with Crippen LogP contribution in [0.2, 0.25) is 0 Å². The van der Waals surface area contributed by atoms with Crippen LogP contribution in [0.3, 0.4) is 0 Å². The molecule has 4 rings (SSSR count). The number of hydrogen-bond acceptors (Lipinski definition) is 3. The lowest BCUT2D eigenvalue weighted by atomic mass is 9.95. The molecule has 26 heavy (non-hydrogen) atoms. The summed E-state index contributed by atoms with van der Waals surface area (Å²) in [5.41, 5.74) is 1.40. The third kappa shape index (κ3) is 5.07. The van der Waals surface area contributed by atoms with Crippen molar-refractivity contribution in [3.63, 3.8) is 0 Å². The highest BCUT2D eigenvalue weighted by Gasteiger charge is 2.36. The molecule has 1 N–H and O–H groups in total. The van der Waals surface area contributed by atoms with Crippen LogP contribution < -0.4 is 5.32 Å². The number of fused-ring (bicyclic) bond motifs is 4. The molecule has 3 saturated heterocycles. The molecular weight excluding hydrogens is 326 g/mol. The Morgan fingerprint density at radius 1 is 1.12 bits per heavy atom. The Kier molecular flexibility index (Phi) is 6.67. The third-order valence-electron chi connectivity index (χ3n) is 5.65. The van der Waals surface area contributed by atoms with Crippen LogP contribution in [0.15, 0.2) is 30.3 Å². The van der Waals surface area contributed by atoms with Gasteiger partial charge in [-0.1, -0.05) is 37.3 Å². The first-order chi connectivity index (χ1) is 12.7. The van der Waals surface area contributed by atoms with Gasteiger partial charge in [0.05, 0.1) is 6.54 Å². The SMILES string of the molecule is CCC(=O)NCC(=O)N1C[C@H]2CC[C@@H]1CN(CCCc1ccccc1)C2. The molecule has 0 unspecified atom stereocenters. The summed E-state index contributed by atoms with van der Waals surface area (Å²) in [7, 11) is 0. The van der Waals surface area contributed by atoms with Gasteiger partial charge in [0.25, 0.3) is 0 Å². The zero-order valence-corrected chi connectivity index (χ0v) is 15.8. The number of aryl methyl sites for hydroxylation is 1. The summed E-state index contributed by atoms with van der Waals surface area (Å²) in [4.78, 5) is 28.6. The van der Waals surface area contributed by atoms with Crippen molar-refractivity contribution in [2.45, 2.75) is 45.1 Å². The Morgan fingerprint density at radius 3 is 2.69 bits per heavy atom. The lowest BCUT2D eigenvalue weighted by molar-refractivity contribution is -0.136. The lowest BCUT2D eigenvalue weighted by Gasteiger charge is -2.36. The Morgan fingerprint density at radius 2 is 1.92 bits per heavy atom. The second-order valence-electron chi connectivity index (χ2n) is 7.62. The van der Waals surface area contributed by atoms with E-state index in [-0.39, 0.29) is 18.4 Å². The van der Waals surface area contributed by atoms with E-state index >= 15 is 0 Å². The number of hydrogen-bond donors (Lipinski definition) is 1. The van der Waals surface area contributed by atoms with Gasteiger partial charge in [-0.2, -0.15) is 0 Å². The van der Waals surface area contributed by atoms with Gasteiger partial charge in [-0.25, -0.2) is 0 Å². The van der Waals surface area contributed by atoms with Gasteiger partial charge in [-0.15, -0.1) is 0 Å². The number of nitrogens with zero attached hydrogens (tertiary/aromatic N) is 2. The number of rotatable bonds is 7. The van der Waals surface area contributed by atoms with Gasteiger partial charge in [-0.05, 0) is 43.7 Å². The second kappa shape index (κ2) is 9.17. The number of piperidine rings is 1. The standard InChI is InChI=1S/C21H31N3O2/c1-2-20(25)22-13-21(26)24-15-18-10-11-19(24)16-23(14-18)12-6-9-17-7-4-3-5-8-17/h3-5,7-8,18-19H,2,6,9-16H2,1H3,(H,22,25)/t18-,19+/m0/s1. The van der Waals surface area contributed by atoms with Crippen LogP contribution in [0.25, 0.3) is 0 Å². The zero-order chi connectivity index (χ0) is 18.4. The monoisotopic (exact) mass is 357 g/mol. The summed E-state index contributed by atoms with van der Waals surface area (Å²) in [6.45, 7) is 5.96. The first kappa shape index (κ1) is 18.9. The van der Waals surface area contributed by atoms with Gasteiger partial charge in [-0.3, -0.25) is 9.59 Å². The summed E-state index contributed by atoms with van der Waals surface area (Å²) >= 11 is 0. The molecule has 3 fully saturated rings. The molecule has 0 saturated carbocycles. The maximum absolute atomic E-state index is 12.6. The molecular formula is C21H31N3O2. The number of amides is 2. The molecule has 2 atom stereocenters. The molecule has 142 valence electrons. The minimum atomic E-state index is -0.0548. The molecule has 0 radical (unpaired) electrons. The van der Waals surface area contributed by atoms with E-state index in [1.807, 2.05) is 4.90 Å². The molecule has 3 aliphatic rings. The normalized spacial score (nSPS) is 22.9. The molecule has 0 aliphatic carbocycles. The van der Waals surface area contributed by atoms with Gasteiger partial charge in [0.1, 0.15) is 0 Å². The predicted octanol–water partition coefficient (Wildman–Crippen LogP) is 2.07. The fourth-order valence-electron chi connectivity index (χ4n) is 4.22. The molecule has 5 heteroatoms. The largest absolute Gasteiger partial charge is 0.347 e. The van der Waals surface area contributed by atoms with Crippen molar-refractivity contribution >= 4 is 11.8 Å². The van der Waals surface area contributed by atoms with E-state index < -0.39 is 0 Å². The Balaban J connectivity index is 1.49. The van der Waals surface area contributed by atoms with Crippen molar-refractivity contribution in [2.24, 2.45) is 5.92 Å². The molecule has 0 aromatic heterocycles. The van der Waals surface area contributed by atoms with E-state index in [0.29, 0.717) is 18.4 Å². The van der Waals surface area contributed by atoms with Crippen molar-refractivity contribution in [3.8, 4) is 0 Å². The third-order valence-corrected chi connectivity index (χ3v) is 5.65. The molecule has 5 nitrogen and oxygen atoms in total. The van der Waals surface area contributed by atoms with Crippen molar-refractivity contribution in [2.75, 3.05) is 32.7 Å². The average molecular weight is 357 g/mol. The zero-order valence-electron chi connectivity index (χ0n) is 15.8. The molecule has 2 bridgehead atoms. The maximum atomic E-state index is 12.6. The van der Waals surface area contributed by atoms with E-state index in [1.165, 1.54) is 12.0 Å². The fraction of sp³-hybridized carbons (Fsp3) is 0.619. The number of carbonyl (C=O) groups is 2. The van der Waals surface area contributed by atoms with Gasteiger partial charge in [0.2, 0.25) is 11.8 Å². The van der Waals surface area contributed by atoms with Crippen LogP contribution in [0.4, 0.5) is 0 Å². The Hall–Kier alpha value is -1.88. The highest BCUT2D eigenvalue weighted by atomic mass is 16.2. The second-order valence-corrected chi connectivity index (χ2v) is 7.62. The molecule has 2 amide bonds. The summed E-state index contributed by atoms with van der Waals surface area (Å²) in [6.07, 6.45) is 5.00. The molecule has 1 aromatic carbocycles. The van der Waals surface area contributed by atoms with Crippen LogP contribution in [0.1, 0.15) is 38.2 Å². The van der Waals surface area contributed by atoms with E-state index in [9.17, 15) is 9.59 Å². The van der Waals surface area contributed by atoms with Crippen molar-refractivity contribution in [1.82, 2.24) is 15.1 Å². The predicted molar refractivity (Wildman–Crippen MR) is 103 cm³/mol. The Bertz CT molecular complexity index is 605. The van der Waals surface area contributed by atoms with E-state index in [2.05, 4.69) is 40.5 Å². The van der Waals surface area contributed by atoms with Gasteiger partial charge in [0, 0.05) is 32.1 Å². The highest BCUT2D eigenvalue weighted by Crippen LogP contribution is 2.28. The topological polar surface area (TPSA) is 52.7 Å². The number of nitrogens with one attached hydrogen (secondary N) is 1. The first-order valence-corrected chi connectivity index (χ1v) is 9.98. The smallest absolute Gasteiger partial charge is 0.242 e. The van der Waals surface area contributed by atoms with Gasteiger partial charge >= 0.3 is 0 Å². The lowest BCUT2D eigenvalue weighted by Crippen LogP contribution is -2.50. The van der Waals surface area contributed by atoms with Crippen LogP contribution in [0, 0.1) is 5.92 Å². The summed E-state index contributed by atoms with van der Waals surface area (Å²) in [6, 6.07) is 10.9. The minimum absolute atomic E-state index is 0.0548. The number of benzene rings is 1. The quantitative estimate of drug-likeness (QED) is 0.813. The van der Waals surface area contributed by atoms with E-state index in [0.717, 1.165) is 45.4 Å². The fourth-order valence-corrected chi connectivity index (χ4v) is 4.22. The molecule has 0 spiro atoms. The highest BCUT2D eigenvalue weighted by molar-refractivity contribution is 5.84. The van der Waals surface area contributed by atoms with Gasteiger partial charge in [0.15, 0.2) is 0 Å². The summed E-state index contributed by atoms with van der Waals surface area (Å²) < 4.78 is 0. The number of carbonyl (C=O) groups excluding carboxylic acids is 2. The molecule has 3 aliphatic heterocycles. The van der Waals surface area contributed by atoms with Crippen LogP contribution >= 0.6 is 0 Å². The molecule has 3 heterocycles. The summed E-state index contributed by atoms with van der Waals surface area (Å²) in [5, 5.41) is 2.73. The first-order valence-electron chi connectivity index (χ1n) is 9.98. The van der Waals surface area contributed by atoms with E-state index in [1.54, 1.807) is 6.92 Å². The summed E-state index contributed by atoms with van der Waals surface area (Å²) in [5.74, 6) is 0.588. The van der Waals surface area contributed by atoms with Gasteiger partial charge < -0.3 is 15.1 Å². The van der Waals surface area contributed by atoms with Crippen molar-refractivity contribution in [1.29, 1.82) is 0 Å². The maximum Gasteiger partial charge on any atom is 0.242 e.